The molecule has 12 heteroatoms. The SMILES string of the molecule is COc1ccc(NC(=O)CSC2NCC(S(=O)(=O)c3ccc(Cl)cc3)C(=O)N2)cc1Cl. The van der Waals surface area contributed by atoms with Crippen molar-refractivity contribution in [3.63, 3.8) is 0 Å². The highest BCUT2D eigenvalue weighted by atomic mass is 35.5. The number of hydrogen-bond donors (Lipinski definition) is 3. The van der Waals surface area contributed by atoms with Gasteiger partial charge in [0.05, 0.1) is 22.8 Å². The van der Waals surface area contributed by atoms with E-state index in [2.05, 4.69) is 16.0 Å². The van der Waals surface area contributed by atoms with Gasteiger partial charge in [-0.15, -0.1) is 11.8 Å². The fourth-order valence-electron chi connectivity index (χ4n) is 2.82. The molecule has 1 fully saturated rings. The third kappa shape index (κ3) is 5.83. The van der Waals surface area contributed by atoms with E-state index in [0.29, 0.717) is 21.5 Å². The quantitative estimate of drug-likeness (QED) is 0.531. The summed E-state index contributed by atoms with van der Waals surface area (Å²) < 4.78 is 30.5. The molecular weight excluding hydrogens is 485 g/mol. The molecule has 0 spiro atoms. The minimum atomic E-state index is -3.88. The maximum Gasteiger partial charge on any atom is 0.241 e. The summed E-state index contributed by atoms with van der Waals surface area (Å²) in [6.45, 7) is -0.0792. The smallest absolute Gasteiger partial charge is 0.241 e. The molecule has 0 bridgehead atoms. The number of ether oxygens (including phenoxy) is 1. The maximum absolute atomic E-state index is 12.7. The first-order valence-electron chi connectivity index (χ1n) is 8.99. The molecule has 0 saturated carbocycles. The van der Waals surface area contributed by atoms with Crippen LogP contribution >= 0.6 is 35.0 Å². The Morgan fingerprint density at radius 3 is 2.55 bits per heavy atom. The van der Waals surface area contributed by atoms with Crippen molar-refractivity contribution in [2.45, 2.75) is 15.6 Å². The van der Waals surface area contributed by atoms with Gasteiger partial charge in [-0.1, -0.05) is 23.2 Å². The zero-order valence-electron chi connectivity index (χ0n) is 16.2. The number of benzene rings is 2. The van der Waals surface area contributed by atoms with Crippen molar-refractivity contribution >= 4 is 62.3 Å². The zero-order valence-corrected chi connectivity index (χ0v) is 19.4. The van der Waals surface area contributed by atoms with Gasteiger partial charge in [-0.05, 0) is 42.5 Å². The largest absolute Gasteiger partial charge is 0.495 e. The van der Waals surface area contributed by atoms with Crippen LogP contribution in [0.4, 0.5) is 5.69 Å². The second-order valence-corrected chi connectivity index (χ2v) is 10.6. The van der Waals surface area contributed by atoms with Crippen LogP contribution in [0.15, 0.2) is 47.4 Å². The molecular formula is C19H19Cl2N3O5S2. The molecule has 2 aromatic carbocycles. The molecule has 1 aliphatic rings. The third-order valence-corrected chi connectivity index (χ3v) is 8.04. The standard InChI is InChI=1S/C19H19Cl2N3O5S2/c1-29-15-7-4-12(8-14(15)21)23-17(25)10-30-19-22-9-16(18(26)24-19)31(27,28)13-5-2-11(20)3-6-13/h2-8,16,19,22H,9-10H2,1H3,(H,23,25)(H,24,26). The summed E-state index contributed by atoms with van der Waals surface area (Å²) in [5, 5.41) is 7.71. The Hall–Kier alpha value is -1.98. The number of halogens is 2. The topological polar surface area (TPSA) is 114 Å². The molecule has 0 aromatic heterocycles. The highest BCUT2D eigenvalue weighted by Gasteiger charge is 2.38. The minimum absolute atomic E-state index is 0.0162. The second-order valence-electron chi connectivity index (χ2n) is 6.49. The first-order valence-corrected chi connectivity index (χ1v) is 12.3. The third-order valence-electron chi connectivity index (χ3n) is 4.39. The highest BCUT2D eigenvalue weighted by Crippen LogP contribution is 2.27. The predicted octanol–water partition coefficient (Wildman–Crippen LogP) is 2.52. The van der Waals surface area contributed by atoms with E-state index in [9.17, 15) is 18.0 Å². The number of anilines is 1. The van der Waals surface area contributed by atoms with E-state index >= 15 is 0 Å². The van der Waals surface area contributed by atoms with Crippen LogP contribution in [0.1, 0.15) is 0 Å². The monoisotopic (exact) mass is 503 g/mol. The Bertz CT molecular complexity index is 1080. The fraction of sp³-hybridized carbons (Fsp3) is 0.263. The van der Waals surface area contributed by atoms with Crippen molar-refractivity contribution in [2.75, 3.05) is 24.7 Å². The molecule has 8 nitrogen and oxygen atoms in total. The van der Waals surface area contributed by atoms with Crippen LogP contribution in [0.25, 0.3) is 0 Å². The summed E-state index contributed by atoms with van der Waals surface area (Å²) in [4.78, 5) is 24.6. The van der Waals surface area contributed by atoms with Crippen molar-refractivity contribution in [2.24, 2.45) is 0 Å². The van der Waals surface area contributed by atoms with Crippen LogP contribution in [0.3, 0.4) is 0 Å². The number of methoxy groups -OCH3 is 1. The molecule has 2 unspecified atom stereocenters. The van der Waals surface area contributed by atoms with Gasteiger partial charge in [-0.25, -0.2) is 8.42 Å². The number of amides is 2. The molecule has 2 aromatic rings. The van der Waals surface area contributed by atoms with Crippen molar-refractivity contribution in [1.82, 2.24) is 10.6 Å². The molecule has 1 aliphatic heterocycles. The van der Waals surface area contributed by atoms with E-state index in [0.717, 1.165) is 11.8 Å². The normalized spacial score (nSPS) is 18.9. The molecule has 2 amide bonds. The Kier molecular flexibility index (Phi) is 7.71. The summed E-state index contributed by atoms with van der Waals surface area (Å²) >= 11 is 13.0. The fourth-order valence-corrected chi connectivity index (χ4v) is 5.52. The summed E-state index contributed by atoms with van der Waals surface area (Å²) in [6.07, 6.45) is 0. The van der Waals surface area contributed by atoms with Crippen LogP contribution in [-0.4, -0.2) is 50.4 Å². The lowest BCUT2D eigenvalue weighted by Crippen LogP contribution is -2.59. The minimum Gasteiger partial charge on any atom is -0.495 e. The van der Waals surface area contributed by atoms with E-state index in [1.807, 2.05) is 0 Å². The average Bonchev–Trinajstić information content (AvgIpc) is 2.72. The number of nitrogens with one attached hydrogen (secondary N) is 3. The molecule has 1 heterocycles. The summed E-state index contributed by atoms with van der Waals surface area (Å²) in [5.74, 6) is -0.422. The van der Waals surface area contributed by atoms with Gasteiger partial charge >= 0.3 is 0 Å². The van der Waals surface area contributed by atoms with Crippen molar-refractivity contribution in [1.29, 1.82) is 0 Å². The summed E-state index contributed by atoms with van der Waals surface area (Å²) in [7, 11) is -2.38. The van der Waals surface area contributed by atoms with Crippen molar-refractivity contribution in [3.8, 4) is 5.75 Å². The molecule has 3 N–H and O–H groups in total. The van der Waals surface area contributed by atoms with Crippen LogP contribution in [-0.2, 0) is 19.4 Å². The van der Waals surface area contributed by atoms with Crippen LogP contribution in [0, 0.1) is 0 Å². The van der Waals surface area contributed by atoms with Crippen LogP contribution in [0.5, 0.6) is 5.75 Å². The van der Waals surface area contributed by atoms with Gasteiger partial charge in [0.25, 0.3) is 0 Å². The lowest BCUT2D eigenvalue weighted by Gasteiger charge is -2.29. The second kappa shape index (κ2) is 10.1. The number of rotatable bonds is 7. The number of sulfone groups is 1. The van der Waals surface area contributed by atoms with Crippen LogP contribution < -0.4 is 20.7 Å². The lowest BCUT2D eigenvalue weighted by molar-refractivity contribution is -0.122. The Morgan fingerprint density at radius 2 is 1.94 bits per heavy atom. The molecule has 3 rings (SSSR count). The van der Waals surface area contributed by atoms with Gasteiger partial charge in [-0.2, -0.15) is 0 Å². The van der Waals surface area contributed by atoms with Gasteiger partial charge in [0, 0.05) is 17.3 Å². The number of carbonyl (C=O) groups excluding carboxylic acids is 2. The van der Waals surface area contributed by atoms with Gasteiger partial charge in [0.1, 0.15) is 11.2 Å². The van der Waals surface area contributed by atoms with E-state index in [1.54, 1.807) is 18.2 Å². The van der Waals surface area contributed by atoms with E-state index in [1.165, 1.54) is 31.4 Å². The van der Waals surface area contributed by atoms with E-state index in [4.69, 9.17) is 27.9 Å². The number of hydrogen-bond acceptors (Lipinski definition) is 7. The average molecular weight is 504 g/mol. The Labute approximate surface area is 193 Å². The first kappa shape index (κ1) is 23.7. The molecule has 166 valence electrons. The maximum atomic E-state index is 12.7. The van der Waals surface area contributed by atoms with Gasteiger partial charge < -0.3 is 15.4 Å². The van der Waals surface area contributed by atoms with Gasteiger partial charge in [0.2, 0.25) is 11.8 Å². The van der Waals surface area contributed by atoms with Crippen molar-refractivity contribution < 1.29 is 22.7 Å². The number of thioether (sulfide) groups is 1. The molecule has 2 atom stereocenters. The summed E-state index contributed by atoms with van der Waals surface area (Å²) in [5.41, 5.74) is -0.0967. The molecule has 0 aliphatic carbocycles. The Morgan fingerprint density at radius 1 is 1.23 bits per heavy atom. The summed E-state index contributed by atoms with van der Waals surface area (Å²) in [6, 6.07) is 10.5. The number of carbonyl (C=O) groups is 2. The molecule has 0 radical (unpaired) electrons. The lowest BCUT2D eigenvalue weighted by atomic mass is 10.3. The first-order chi connectivity index (χ1) is 14.7. The van der Waals surface area contributed by atoms with Crippen LogP contribution in [0.2, 0.25) is 10.0 Å². The van der Waals surface area contributed by atoms with E-state index < -0.39 is 26.5 Å². The van der Waals surface area contributed by atoms with Gasteiger partial charge in [-0.3, -0.25) is 14.9 Å². The zero-order chi connectivity index (χ0) is 22.6. The molecule has 1 saturated heterocycles. The predicted molar refractivity (Wildman–Crippen MR) is 121 cm³/mol. The highest BCUT2D eigenvalue weighted by molar-refractivity contribution is 8.00. The van der Waals surface area contributed by atoms with E-state index in [-0.39, 0.29) is 23.1 Å². The van der Waals surface area contributed by atoms with Gasteiger partial charge in [0.15, 0.2) is 15.1 Å². The Balaban J connectivity index is 1.53. The molecule has 31 heavy (non-hydrogen) atoms. The van der Waals surface area contributed by atoms with Crippen molar-refractivity contribution in [3.05, 3.63) is 52.5 Å².